The van der Waals surface area contributed by atoms with Gasteiger partial charge in [0.15, 0.2) is 34.7 Å². The summed E-state index contributed by atoms with van der Waals surface area (Å²) in [6.45, 7) is 3.44. The number of amides is 1. The van der Waals surface area contributed by atoms with E-state index in [2.05, 4.69) is 4.90 Å². The van der Waals surface area contributed by atoms with Gasteiger partial charge in [-0.15, -0.1) is 0 Å². The minimum Gasteiger partial charge on any atom is -0.507 e. The molecule has 222 valence electrons. The second kappa shape index (κ2) is 10.2. The molecule has 2 heterocycles. The van der Waals surface area contributed by atoms with E-state index in [0.717, 1.165) is 18.8 Å². The van der Waals surface area contributed by atoms with Crippen molar-refractivity contribution < 1.29 is 43.3 Å². The van der Waals surface area contributed by atoms with E-state index in [4.69, 9.17) is 14.9 Å². The number of primary amides is 1. The second-order valence-electron chi connectivity index (χ2n) is 11.9. The molecule has 3 aliphatic carbocycles. The monoisotopic (exact) mass is 579 g/mol. The number of phenolic OH excluding ortho intramolecular Hbond substituents is 1. The van der Waals surface area contributed by atoms with Gasteiger partial charge in [-0.2, -0.15) is 0 Å². The number of phenols is 1. The Morgan fingerprint density at radius 2 is 1.81 bits per heavy atom. The van der Waals surface area contributed by atoms with Crippen LogP contribution in [0.3, 0.4) is 0 Å². The number of hydrogen-bond donors (Lipinski definition) is 3. The molecule has 6 atom stereocenters. The van der Waals surface area contributed by atoms with Gasteiger partial charge in [-0.1, -0.05) is 0 Å². The molecule has 12 heteroatoms. The van der Waals surface area contributed by atoms with E-state index < -0.39 is 64.4 Å². The molecule has 2 saturated carbocycles. The van der Waals surface area contributed by atoms with Crippen molar-refractivity contribution in [3.63, 3.8) is 0 Å². The SMILES string of the molecule is CN(C)[C@@H]1C(=O)C(C(N)=O)C(=O)[C@@]2(O)C(=O)C3C(=O)c4c(O)ccc(-c5ccc(CN6CCOCC6)o5)c4CC3CC12. The number of aliphatic hydroxyl groups is 1. The number of ketones is 4. The lowest BCUT2D eigenvalue weighted by atomic mass is 9.52. The summed E-state index contributed by atoms with van der Waals surface area (Å²) in [5.41, 5.74) is 3.64. The summed E-state index contributed by atoms with van der Waals surface area (Å²) in [6.07, 6.45) is 0.147. The topological polar surface area (TPSA) is 181 Å². The first kappa shape index (κ1) is 28.4. The quantitative estimate of drug-likeness (QED) is 0.405. The summed E-state index contributed by atoms with van der Waals surface area (Å²) in [6, 6.07) is 5.53. The Morgan fingerprint density at radius 1 is 1.10 bits per heavy atom. The molecule has 1 aliphatic heterocycles. The zero-order valence-corrected chi connectivity index (χ0v) is 23.4. The molecule has 0 radical (unpaired) electrons. The van der Waals surface area contributed by atoms with Gasteiger partial charge in [0.05, 0.1) is 37.3 Å². The molecule has 1 aromatic heterocycles. The summed E-state index contributed by atoms with van der Waals surface area (Å²) >= 11 is 0. The highest BCUT2D eigenvalue weighted by molar-refractivity contribution is 6.32. The smallest absolute Gasteiger partial charge is 0.235 e. The van der Waals surface area contributed by atoms with Crippen molar-refractivity contribution in [3.05, 3.63) is 41.2 Å². The van der Waals surface area contributed by atoms with Gasteiger partial charge < -0.3 is 25.1 Å². The maximum atomic E-state index is 14.0. The van der Waals surface area contributed by atoms with Crippen molar-refractivity contribution in [1.82, 2.24) is 9.80 Å². The minimum absolute atomic E-state index is 0.0145. The largest absolute Gasteiger partial charge is 0.507 e. The fourth-order valence-electron chi connectivity index (χ4n) is 7.42. The number of carbonyl (C=O) groups excluding carboxylic acids is 5. The van der Waals surface area contributed by atoms with Crippen LogP contribution in [-0.2, 0) is 36.9 Å². The lowest BCUT2D eigenvalue weighted by Crippen LogP contribution is -2.74. The molecule has 3 fully saturated rings. The normalized spacial score (nSPS) is 31.6. The Hall–Kier alpha value is -3.71. The van der Waals surface area contributed by atoms with E-state index >= 15 is 0 Å². The highest BCUT2D eigenvalue weighted by Crippen LogP contribution is 2.51. The first-order chi connectivity index (χ1) is 19.9. The van der Waals surface area contributed by atoms with E-state index in [1.807, 2.05) is 6.07 Å². The molecule has 0 spiro atoms. The number of morpholine rings is 1. The Labute approximate surface area is 241 Å². The molecule has 12 nitrogen and oxygen atoms in total. The molecule has 2 aromatic rings. The molecule has 1 saturated heterocycles. The van der Waals surface area contributed by atoms with Crippen molar-refractivity contribution >= 4 is 29.0 Å². The number of rotatable bonds is 5. The van der Waals surface area contributed by atoms with Crippen LogP contribution in [0, 0.1) is 23.7 Å². The first-order valence-corrected chi connectivity index (χ1v) is 14.0. The molecule has 0 bridgehead atoms. The van der Waals surface area contributed by atoms with Gasteiger partial charge in [0.2, 0.25) is 5.91 Å². The number of Topliss-reactive ketones (excluding diaryl/α,β-unsaturated/α-hetero) is 4. The van der Waals surface area contributed by atoms with E-state index in [1.54, 1.807) is 26.2 Å². The average molecular weight is 580 g/mol. The van der Waals surface area contributed by atoms with Crippen molar-refractivity contribution in [3.8, 4) is 17.1 Å². The number of aromatic hydroxyl groups is 1. The summed E-state index contributed by atoms with van der Waals surface area (Å²) in [5.74, 6) is -9.51. The van der Waals surface area contributed by atoms with Crippen molar-refractivity contribution in [2.75, 3.05) is 40.4 Å². The van der Waals surface area contributed by atoms with E-state index in [0.29, 0.717) is 36.6 Å². The fraction of sp³-hybridized carbons (Fsp3) is 0.500. The van der Waals surface area contributed by atoms with Gasteiger partial charge >= 0.3 is 0 Å². The number of ether oxygens (including phenoxy) is 1. The molecular formula is C30H33N3O9. The third-order valence-electron chi connectivity index (χ3n) is 9.36. The van der Waals surface area contributed by atoms with Crippen LogP contribution in [0.5, 0.6) is 5.75 Å². The maximum Gasteiger partial charge on any atom is 0.235 e. The number of benzene rings is 1. The van der Waals surface area contributed by atoms with Crippen LogP contribution >= 0.6 is 0 Å². The number of nitrogens with zero attached hydrogens (tertiary/aromatic N) is 2. The van der Waals surface area contributed by atoms with Crippen LogP contribution in [0.2, 0.25) is 0 Å². The molecule has 42 heavy (non-hydrogen) atoms. The van der Waals surface area contributed by atoms with Crippen LogP contribution in [0.4, 0.5) is 0 Å². The molecule has 4 unspecified atom stereocenters. The summed E-state index contributed by atoms with van der Waals surface area (Å²) in [5, 5.41) is 22.5. The Balaban J connectivity index is 1.39. The lowest BCUT2D eigenvalue weighted by Gasteiger charge is -2.52. The first-order valence-electron chi connectivity index (χ1n) is 14.0. The summed E-state index contributed by atoms with van der Waals surface area (Å²) in [7, 11) is 3.10. The van der Waals surface area contributed by atoms with Crippen LogP contribution in [-0.4, -0.2) is 101 Å². The third-order valence-corrected chi connectivity index (χ3v) is 9.36. The molecule has 4 aliphatic rings. The van der Waals surface area contributed by atoms with Crippen molar-refractivity contribution in [2.45, 2.75) is 31.0 Å². The predicted octanol–water partition coefficient (Wildman–Crippen LogP) is -0.0408. The molecule has 6 rings (SSSR count). The van der Waals surface area contributed by atoms with E-state index in [9.17, 15) is 34.2 Å². The van der Waals surface area contributed by atoms with Crippen molar-refractivity contribution in [1.29, 1.82) is 0 Å². The number of likely N-dealkylation sites (N-methyl/N-ethyl adjacent to an activating group) is 1. The van der Waals surface area contributed by atoms with Gasteiger partial charge in [-0.05, 0) is 62.7 Å². The highest BCUT2D eigenvalue weighted by atomic mass is 16.5. The number of hydrogen-bond acceptors (Lipinski definition) is 11. The highest BCUT2D eigenvalue weighted by Gasteiger charge is 2.69. The number of fused-ring (bicyclic) bond motifs is 3. The van der Waals surface area contributed by atoms with E-state index in [1.165, 1.54) is 11.0 Å². The maximum absolute atomic E-state index is 14.0. The average Bonchev–Trinajstić information content (AvgIpc) is 3.39. The zero-order valence-electron chi connectivity index (χ0n) is 23.4. The third kappa shape index (κ3) is 4.16. The van der Waals surface area contributed by atoms with Crippen LogP contribution < -0.4 is 5.73 Å². The fourth-order valence-corrected chi connectivity index (χ4v) is 7.42. The minimum atomic E-state index is -2.75. The van der Waals surface area contributed by atoms with Gasteiger partial charge in [-0.3, -0.25) is 33.8 Å². The van der Waals surface area contributed by atoms with Crippen LogP contribution in [0.1, 0.15) is 28.1 Å². The van der Waals surface area contributed by atoms with Crippen LogP contribution in [0.15, 0.2) is 28.7 Å². The zero-order chi connectivity index (χ0) is 30.1. The lowest BCUT2D eigenvalue weighted by molar-refractivity contribution is -0.181. The van der Waals surface area contributed by atoms with Crippen LogP contribution in [0.25, 0.3) is 11.3 Å². The number of carbonyl (C=O) groups is 5. The van der Waals surface area contributed by atoms with Gasteiger partial charge in [0.25, 0.3) is 0 Å². The van der Waals surface area contributed by atoms with Crippen molar-refractivity contribution in [2.24, 2.45) is 29.4 Å². The second-order valence-corrected chi connectivity index (χ2v) is 11.9. The predicted molar refractivity (Wildman–Crippen MR) is 145 cm³/mol. The molecule has 4 N–H and O–H groups in total. The standard InChI is InChI=1S/C30H33N3O9/c1-32(2)24-18-12-14-11-17-16(20-6-3-15(42-20)13-33-7-9-41-10-8-33)4-5-19(34)22(17)25(35)21(14)27(37)30(18,40)28(38)23(26(24)36)29(31)39/h3-6,14,18,21,23-24,34,40H,7-13H2,1-2H3,(H2,31,39)/t14?,18?,21?,23?,24-,30-/m0/s1. The summed E-state index contributed by atoms with van der Waals surface area (Å²) < 4.78 is 11.6. The molecule has 1 amide bonds. The Morgan fingerprint density at radius 3 is 2.48 bits per heavy atom. The van der Waals surface area contributed by atoms with Gasteiger partial charge in [-0.25, -0.2) is 0 Å². The summed E-state index contributed by atoms with van der Waals surface area (Å²) in [4.78, 5) is 70.4. The Kier molecular flexibility index (Phi) is 6.92. The Bertz CT molecular complexity index is 1510. The molecular weight excluding hydrogens is 546 g/mol. The van der Waals surface area contributed by atoms with E-state index in [-0.39, 0.29) is 24.2 Å². The van der Waals surface area contributed by atoms with Gasteiger partial charge in [0, 0.05) is 24.6 Å². The number of nitrogens with two attached hydrogens (primary N) is 1. The van der Waals surface area contributed by atoms with Gasteiger partial charge in [0.1, 0.15) is 17.3 Å². The number of furan rings is 1. The molecule has 1 aromatic carbocycles.